The third-order valence-corrected chi connectivity index (χ3v) is 4.51. The fourth-order valence-electron chi connectivity index (χ4n) is 2.88. The highest BCUT2D eigenvalue weighted by molar-refractivity contribution is 9.10. The van der Waals surface area contributed by atoms with E-state index in [9.17, 15) is 5.11 Å². The third-order valence-electron chi connectivity index (χ3n) is 4.02. The van der Waals surface area contributed by atoms with Gasteiger partial charge in [-0.25, -0.2) is 9.97 Å². The highest BCUT2D eigenvalue weighted by Crippen LogP contribution is 2.28. The van der Waals surface area contributed by atoms with Crippen molar-refractivity contribution < 1.29 is 5.11 Å². The smallest absolute Gasteiger partial charge is 0.137 e. The molecular formula is C15H18BrN3O. The number of benzene rings is 1. The van der Waals surface area contributed by atoms with E-state index in [0.29, 0.717) is 12.5 Å². The van der Waals surface area contributed by atoms with Gasteiger partial charge >= 0.3 is 0 Å². The topological polar surface area (TPSA) is 58.0 Å². The third kappa shape index (κ3) is 2.94. The number of nitrogens with zero attached hydrogens (tertiary/aromatic N) is 2. The van der Waals surface area contributed by atoms with Crippen LogP contribution in [-0.2, 0) is 0 Å². The maximum absolute atomic E-state index is 10.2. The lowest BCUT2D eigenvalue weighted by Crippen LogP contribution is -2.27. The van der Waals surface area contributed by atoms with E-state index in [-0.39, 0.29) is 6.10 Å². The number of aliphatic hydroxyl groups excluding tert-OH is 1. The van der Waals surface area contributed by atoms with Crippen molar-refractivity contribution in [3.05, 3.63) is 29.0 Å². The Hall–Kier alpha value is -1.20. The van der Waals surface area contributed by atoms with E-state index in [1.54, 1.807) is 6.33 Å². The van der Waals surface area contributed by atoms with Gasteiger partial charge in [0.2, 0.25) is 0 Å². The maximum atomic E-state index is 10.2. The Kier molecular flexibility index (Phi) is 4.17. The van der Waals surface area contributed by atoms with Gasteiger partial charge in [0.15, 0.2) is 0 Å². The summed E-state index contributed by atoms with van der Waals surface area (Å²) in [5, 5.41) is 14.5. The zero-order valence-corrected chi connectivity index (χ0v) is 12.8. The van der Waals surface area contributed by atoms with Crippen LogP contribution in [-0.4, -0.2) is 27.7 Å². The Morgan fingerprint density at radius 2 is 2.10 bits per heavy atom. The zero-order valence-electron chi connectivity index (χ0n) is 11.2. The van der Waals surface area contributed by atoms with Crippen LogP contribution in [0.3, 0.4) is 0 Å². The normalized spacial score (nSPS) is 17.5. The highest BCUT2D eigenvalue weighted by atomic mass is 79.9. The summed E-state index contributed by atoms with van der Waals surface area (Å²) in [6, 6.07) is 5.92. The summed E-state index contributed by atoms with van der Waals surface area (Å²) < 4.78 is 0.999. The van der Waals surface area contributed by atoms with E-state index in [4.69, 9.17) is 0 Å². The summed E-state index contributed by atoms with van der Waals surface area (Å²) in [6.07, 6.45) is 6.02. The van der Waals surface area contributed by atoms with Gasteiger partial charge in [-0.15, -0.1) is 0 Å². The van der Waals surface area contributed by atoms with Gasteiger partial charge in [0.1, 0.15) is 12.1 Å². The van der Waals surface area contributed by atoms with E-state index in [2.05, 4.69) is 31.2 Å². The molecule has 1 aliphatic carbocycles. The summed E-state index contributed by atoms with van der Waals surface area (Å²) in [5.41, 5.74) is 0.904. The van der Waals surface area contributed by atoms with Gasteiger partial charge in [0.05, 0.1) is 11.6 Å². The molecular weight excluding hydrogens is 318 g/mol. The summed E-state index contributed by atoms with van der Waals surface area (Å²) in [4.78, 5) is 8.55. The van der Waals surface area contributed by atoms with Crippen LogP contribution >= 0.6 is 15.9 Å². The fourth-order valence-corrected chi connectivity index (χ4v) is 3.24. The first kappa shape index (κ1) is 13.8. The molecule has 1 saturated carbocycles. The number of hydrogen-bond acceptors (Lipinski definition) is 4. The minimum atomic E-state index is -0.297. The van der Waals surface area contributed by atoms with Gasteiger partial charge < -0.3 is 10.4 Å². The van der Waals surface area contributed by atoms with Crippen LogP contribution < -0.4 is 5.32 Å². The lowest BCUT2D eigenvalue weighted by Gasteiger charge is -2.18. The molecule has 20 heavy (non-hydrogen) atoms. The van der Waals surface area contributed by atoms with Crippen LogP contribution in [0.2, 0.25) is 0 Å². The molecule has 0 radical (unpaired) electrons. The Morgan fingerprint density at radius 1 is 1.30 bits per heavy atom. The number of aromatic nitrogens is 2. The largest absolute Gasteiger partial charge is 0.391 e. The van der Waals surface area contributed by atoms with Crippen LogP contribution in [0.1, 0.15) is 25.7 Å². The Labute approximate surface area is 126 Å². The molecule has 1 fully saturated rings. The first-order chi connectivity index (χ1) is 9.74. The molecule has 0 aliphatic heterocycles. The lowest BCUT2D eigenvalue weighted by molar-refractivity contribution is 0.123. The van der Waals surface area contributed by atoms with E-state index < -0.39 is 0 Å². The summed E-state index contributed by atoms with van der Waals surface area (Å²) in [7, 11) is 0. The molecule has 5 heteroatoms. The van der Waals surface area contributed by atoms with E-state index in [1.807, 2.05) is 18.2 Å². The molecule has 2 aromatic rings. The molecule has 1 heterocycles. The number of halogens is 1. The Balaban J connectivity index is 1.75. The van der Waals surface area contributed by atoms with Gasteiger partial charge in [0.25, 0.3) is 0 Å². The van der Waals surface area contributed by atoms with Crippen molar-refractivity contribution in [1.29, 1.82) is 0 Å². The van der Waals surface area contributed by atoms with Gasteiger partial charge in [-0.3, -0.25) is 0 Å². The van der Waals surface area contributed by atoms with Crippen molar-refractivity contribution >= 4 is 32.7 Å². The number of aliphatic hydroxyl groups is 1. The molecule has 106 valence electrons. The van der Waals surface area contributed by atoms with Crippen LogP contribution in [0, 0.1) is 5.92 Å². The number of hydrogen-bond donors (Lipinski definition) is 2. The molecule has 1 atom stereocenters. The van der Waals surface area contributed by atoms with Crippen LogP contribution in [0.4, 0.5) is 5.82 Å². The van der Waals surface area contributed by atoms with Crippen molar-refractivity contribution in [2.75, 3.05) is 11.9 Å². The molecule has 1 unspecified atom stereocenters. The van der Waals surface area contributed by atoms with Crippen LogP contribution in [0.15, 0.2) is 29.0 Å². The molecule has 0 amide bonds. The van der Waals surface area contributed by atoms with E-state index in [0.717, 1.165) is 34.0 Å². The van der Waals surface area contributed by atoms with Crippen molar-refractivity contribution in [2.45, 2.75) is 31.8 Å². The van der Waals surface area contributed by atoms with Gasteiger partial charge in [-0.05, 0) is 37.0 Å². The van der Waals surface area contributed by atoms with Crippen molar-refractivity contribution in [1.82, 2.24) is 9.97 Å². The highest BCUT2D eigenvalue weighted by Gasteiger charge is 2.23. The predicted molar refractivity (Wildman–Crippen MR) is 83.7 cm³/mol. The SMILES string of the molecule is OC(CNc1ncnc2ccc(Br)cc12)C1CCCC1. The summed E-state index contributed by atoms with van der Waals surface area (Å²) >= 11 is 3.47. The van der Waals surface area contributed by atoms with Gasteiger partial charge in [-0.1, -0.05) is 28.8 Å². The Morgan fingerprint density at radius 3 is 2.90 bits per heavy atom. The molecule has 1 aromatic heterocycles. The molecule has 2 N–H and O–H groups in total. The summed E-state index contributed by atoms with van der Waals surface area (Å²) in [6.45, 7) is 0.545. The van der Waals surface area contributed by atoms with Gasteiger partial charge in [0, 0.05) is 16.4 Å². The zero-order chi connectivity index (χ0) is 13.9. The van der Waals surface area contributed by atoms with E-state index in [1.165, 1.54) is 12.8 Å². The standard InChI is InChI=1S/C15H18BrN3O/c16-11-5-6-13-12(7-11)15(19-9-18-13)17-8-14(20)10-3-1-2-4-10/h5-7,9-10,14,20H,1-4,8H2,(H,17,18,19). The molecule has 4 nitrogen and oxygen atoms in total. The second-order valence-electron chi connectivity index (χ2n) is 5.38. The fraction of sp³-hybridized carbons (Fsp3) is 0.467. The number of rotatable bonds is 4. The molecule has 0 bridgehead atoms. The van der Waals surface area contributed by atoms with Crippen molar-refractivity contribution in [3.63, 3.8) is 0 Å². The Bertz CT molecular complexity index is 599. The quantitative estimate of drug-likeness (QED) is 0.899. The first-order valence-corrected chi connectivity index (χ1v) is 7.85. The van der Waals surface area contributed by atoms with Crippen molar-refractivity contribution in [3.8, 4) is 0 Å². The lowest BCUT2D eigenvalue weighted by atomic mass is 10.0. The van der Waals surface area contributed by atoms with Crippen LogP contribution in [0.5, 0.6) is 0 Å². The molecule has 0 saturated heterocycles. The number of fused-ring (bicyclic) bond motifs is 1. The first-order valence-electron chi connectivity index (χ1n) is 7.06. The second kappa shape index (κ2) is 6.06. The van der Waals surface area contributed by atoms with Crippen molar-refractivity contribution in [2.24, 2.45) is 5.92 Å². The van der Waals surface area contributed by atoms with E-state index >= 15 is 0 Å². The minimum Gasteiger partial charge on any atom is -0.391 e. The average molecular weight is 336 g/mol. The molecule has 3 rings (SSSR count). The minimum absolute atomic E-state index is 0.297. The number of nitrogens with one attached hydrogen (secondary N) is 1. The maximum Gasteiger partial charge on any atom is 0.137 e. The predicted octanol–water partition coefficient (Wildman–Crippen LogP) is 3.36. The number of anilines is 1. The molecule has 0 spiro atoms. The summed E-state index contributed by atoms with van der Waals surface area (Å²) in [5.74, 6) is 1.22. The average Bonchev–Trinajstić information content (AvgIpc) is 2.99. The molecule has 1 aliphatic rings. The second-order valence-corrected chi connectivity index (χ2v) is 6.29. The monoisotopic (exact) mass is 335 g/mol. The van der Waals surface area contributed by atoms with Gasteiger partial charge in [-0.2, -0.15) is 0 Å². The van der Waals surface area contributed by atoms with Crippen LogP contribution in [0.25, 0.3) is 10.9 Å². The molecule has 1 aromatic carbocycles.